The highest BCUT2D eigenvalue weighted by molar-refractivity contribution is 7.99. The fourth-order valence-electron chi connectivity index (χ4n) is 1.04. The quantitative estimate of drug-likeness (QED) is 0.815. The van der Waals surface area contributed by atoms with Crippen LogP contribution in [0.2, 0.25) is 10.0 Å². The zero-order valence-electron chi connectivity index (χ0n) is 8.50. The Balaban J connectivity index is 2.56. The summed E-state index contributed by atoms with van der Waals surface area (Å²) in [6, 6.07) is 5.08. The Morgan fingerprint density at radius 2 is 2.00 bits per heavy atom. The number of anilines is 1. The van der Waals surface area contributed by atoms with E-state index < -0.39 is 0 Å². The second-order valence-electron chi connectivity index (χ2n) is 2.99. The molecule has 0 bridgehead atoms. The van der Waals surface area contributed by atoms with Gasteiger partial charge >= 0.3 is 0 Å². The number of hydrogen-bond donors (Lipinski definition) is 2. The summed E-state index contributed by atoms with van der Waals surface area (Å²) in [4.78, 5) is 11.5. The van der Waals surface area contributed by atoms with Crippen molar-refractivity contribution in [2.24, 2.45) is 5.73 Å². The van der Waals surface area contributed by atoms with E-state index in [-0.39, 0.29) is 5.91 Å². The highest BCUT2D eigenvalue weighted by Crippen LogP contribution is 2.29. The predicted octanol–water partition coefficient (Wildman–Crippen LogP) is 2.62. The first-order valence-corrected chi connectivity index (χ1v) is 6.58. The first-order chi connectivity index (χ1) is 7.65. The fourth-order valence-corrected chi connectivity index (χ4v) is 2.10. The average Bonchev–Trinajstić information content (AvgIpc) is 2.24. The lowest BCUT2D eigenvalue weighted by Crippen LogP contribution is -2.16. The Labute approximate surface area is 109 Å². The minimum absolute atomic E-state index is 0.131. The van der Waals surface area contributed by atoms with E-state index in [2.05, 4.69) is 5.32 Å². The van der Waals surface area contributed by atoms with Gasteiger partial charge in [0.05, 0.1) is 21.5 Å². The molecule has 1 amide bonds. The maximum absolute atomic E-state index is 11.5. The SMILES string of the molecule is NCCSCC(=O)Nc1c(Cl)cccc1Cl. The zero-order valence-corrected chi connectivity index (χ0v) is 10.8. The lowest BCUT2D eigenvalue weighted by Gasteiger charge is -2.08. The van der Waals surface area contributed by atoms with Crippen molar-refractivity contribution in [3.05, 3.63) is 28.2 Å². The molecule has 0 spiro atoms. The van der Waals surface area contributed by atoms with Gasteiger partial charge in [0.25, 0.3) is 0 Å². The van der Waals surface area contributed by atoms with Crippen LogP contribution in [-0.2, 0) is 4.79 Å². The van der Waals surface area contributed by atoms with E-state index in [1.54, 1.807) is 18.2 Å². The summed E-state index contributed by atoms with van der Waals surface area (Å²) in [6.07, 6.45) is 0. The van der Waals surface area contributed by atoms with E-state index in [0.29, 0.717) is 28.0 Å². The van der Waals surface area contributed by atoms with Crippen molar-refractivity contribution in [1.29, 1.82) is 0 Å². The second kappa shape index (κ2) is 7.01. The number of hydrogen-bond acceptors (Lipinski definition) is 3. The summed E-state index contributed by atoms with van der Waals surface area (Å²) in [5.74, 6) is 0.969. The summed E-state index contributed by atoms with van der Waals surface area (Å²) < 4.78 is 0. The number of thioether (sulfide) groups is 1. The van der Waals surface area contributed by atoms with Gasteiger partial charge in [0.15, 0.2) is 0 Å². The highest BCUT2D eigenvalue weighted by Gasteiger charge is 2.08. The predicted molar refractivity (Wildman–Crippen MR) is 71.5 cm³/mol. The van der Waals surface area contributed by atoms with Gasteiger partial charge in [0.1, 0.15) is 0 Å². The Bertz CT molecular complexity index is 354. The molecule has 88 valence electrons. The van der Waals surface area contributed by atoms with Crippen LogP contribution in [0, 0.1) is 0 Å². The number of carbonyl (C=O) groups is 1. The van der Waals surface area contributed by atoms with E-state index in [1.165, 1.54) is 11.8 Å². The van der Waals surface area contributed by atoms with E-state index >= 15 is 0 Å². The van der Waals surface area contributed by atoms with Crippen molar-refractivity contribution in [2.75, 3.05) is 23.4 Å². The molecule has 0 radical (unpaired) electrons. The summed E-state index contributed by atoms with van der Waals surface area (Å²) in [5, 5.41) is 3.54. The Morgan fingerprint density at radius 3 is 2.56 bits per heavy atom. The lowest BCUT2D eigenvalue weighted by atomic mass is 10.3. The molecule has 0 fully saturated rings. The molecule has 0 aliphatic rings. The van der Waals surface area contributed by atoms with Gasteiger partial charge in [-0.3, -0.25) is 4.79 Å². The maximum Gasteiger partial charge on any atom is 0.234 e. The van der Waals surface area contributed by atoms with Crippen LogP contribution in [0.25, 0.3) is 0 Å². The van der Waals surface area contributed by atoms with Gasteiger partial charge in [-0.25, -0.2) is 0 Å². The van der Waals surface area contributed by atoms with Crippen LogP contribution in [0.4, 0.5) is 5.69 Å². The summed E-state index contributed by atoms with van der Waals surface area (Å²) in [5.41, 5.74) is 5.78. The highest BCUT2D eigenvalue weighted by atomic mass is 35.5. The summed E-state index contributed by atoms with van der Waals surface area (Å²) in [7, 11) is 0. The van der Waals surface area contributed by atoms with Crippen LogP contribution in [0.15, 0.2) is 18.2 Å². The van der Waals surface area contributed by atoms with Crippen molar-refractivity contribution in [1.82, 2.24) is 0 Å². The molecular formula is C10H12Cl2N2OS. The molecule has 0 unspecified atom stereocenters. The Hall–Kier alpha value is -0.420. The molecule has 3 nitrogen and oxygen atoms in total. The van der Waals surface area contributed by atoms with Gasteiger partial charge in [-0.1, -0.05) is 29.3 Å². The standard InChI is InChI=1S/C10H12Cl2N2OS/c11-7-2-1-3-8(12)10(7)14-9(15)6-16-5-4-13/h1-3H,4-6,13H2,(H,14,15). The first kappa shape index (κ1) is 13.6. The van der Waals surface area contributed by atoms with Crippen LogP contribution < -0.4 is 11.1 Å². The molecule has 0 atom stereocenters. The molecule has 1 aromatic carbocycles. The van der Waals surface area contributed by atoms with Gasteiger partial charge in [0.2, 0.25) is 5.91 Å². The molecule has 0 aliphatic heterocycles. The summed E-state index contributed by atoms with van der Waals surface area (Å²) >= 11 is 13.3. The third kappa shape index (κ3) is 4.22. The molecule has 0 saturated carbocycles. The molecule has 16 heavy (non-hydrogen) atoms. The van der Waals surface area contributed by atoms with Crippen molar-refractivity contribution < 1.29 is 4.79 Å². The van der Waals surface area contributed by atoms with Crippen molar-refractivity contribution >= 4 is 46.6 Å². The topological polar surface area (TPSA) is 55.1 Å². The minimum atomic E-state index is -0.131. The van der Waals surface area contributed by atoms with Gasteiger partial charge in [-0.2, -0.15) is 11.8 Å². The molecule has 0 heterocycles. The molecule has 3 N–H and O–H groups in total. The molecule has 0 aliphatic carbocycles. The molecular weight excluding hydrogens is 267 g/mol. The molecule has 1 rings (SSSR count). The van der Waals surface area contributed by atoms with Crippen LogP contribution in [0.1, 0.15) is 0 Å². The molecule has 0 aromatic heterocycles. The van der Waals surface area contributed by atoms with Crippen LogP contribution in [0.3, 0.4) is 0 Å². The van der Waals surface area contributed by atoms with Gasteiger partial charge in [0, 0.05) is 12.3 Å². The molecule has 1 aromatic rings. The van der Waals surface area contributed by atoms with Gasteiger partial charge in [-0.05, 0) is 12.1 Å². The molecule has 6 heteroatoms. The minimum Gasteiger partial charge on any atom is -0.330 e. The number of nitrogens with one attached hydrogen (secondary N) is 1. The zero-order chi connectivity index (χ0) is 12.0. The summed E-state index contributed by atoms with van der Waals surface area (Å²) in [6.45, 7) is 0.560. The number of rotatable bonds is 5. The number of nitrogens with two attached hydrogens (primary N) is 1. The number of halogens is 2. The van der Waals surface area contributed by atoms with E-state index in [0.717, 1.165) is 5.75 Å². The number of amides is 1. The van der Waals surface area contributed by atoms with Gasteiger partial charge < -0.3 is 11.1 Å². The second-order valence-corrected chi connectivity index (χ2v) is 4.91. The van der Waals surface area contributed by atoms with E-state index in [9.17, 15) is 4.79 Å². The third-order valence-electron chi connectivity index (χ3n) is 1.72. The van der Waals surface area contributed by atoms with Crippen molar-refractivity contribution in [3.8, 4) is 0 Å². The van der Waals surface area contributed by atoms with Crippen molar-refractivity contribution in [2.45, 2.75) is 0 Å². The normalized spacial score (nSPS) is 10.2. The number of benzene rings is 1. The van der Waals surface area contributed by atoms with Crippen molar-refractivity contribution in [3.63, 3.8) is 0 Å². The number of para-hydroxylation sites is 1. The largest absolute Gasteiger partial charge is 0.330 e. The van der Waals surface area contributed by atoms with E-state index in [1.807, 2.05) is 0 Å². The smallest absolute Gasteiger partial charge is 0.234 e. The number of carbonyl (C=O) groups excluding carboxylic acids is 1. The Morgan fingerprint density at radius 1 is 1.38 bits per heavy atom. The fraction of sp³-hybridized carbons (Fsp3) is 0.300. The van der Waals surface area contributed by atoms with Crippen LogP contribution in [0.5, 0.6) is 0 Å². The lowest BCUT2D eigenvalue weighted by molar-refractivity contribution is -0.113. The van der Waals surface area contributed by atoms with Crippen LogP contribution in [-0.4, -0.2) is 24.0 Å². The monoisotopic (exact) mass is 278 g/mol. The maximum atomic E-state index is 11.5. The molecule has 0 saturated heterocycles. The van der Waals surface area contributed by atoms with Gasteiger partial charge in [-0.15, -0.1) is 0 Å². The van der Waals surface area contributed by atoms with Crippen LogP contribution >= 0.6 is 35.0 Å². The average molecular weight is 279 g/mol. The van der Waals surface area contributed by atoms with E-state index in [4.69, 9.17) is 28.9 Å². The Kier molecular flexibility index (Phi) is 5.98. The first-order valence-electron chi connectivity index (χ1n) is 4.67. The third-order valence-corrected chi connectivity index (χ3v) is 3.34.